The number of ether oxygens (including phenoxy) is 2. The van der Waals surface area contributed by atoms with Crippen LogP contribution in [0.5, 0.6) is 11.5 Å². The summed E-state index contributed by atoms with van der Waals surface area (Å²) in [5.41, 5.74) is 6.76. The molecule has 0 heterocycles. The van der Waals surface area contributed by atoms with Crippen LogP contribution in [0.2, 0.25) is 5.02 Å². The summed E-state index contributed by atoms with van der Waals surface area (Å²) in [5.74, 6) is 1.48. The first-order valence-corrected chi connectivity index (χ1v) is 7.59. The third kappa shape index (κ3) is 4.03. The zero-order valence-electron chi connectivity index (χ0n) is 12.5. The summed E-state index contributed by atoms with van der Waals surface area (Å²) in [6, 6.07) is 3.81. The Morgan fingerprint density at radius 3 is 2.45 bits per heavy atom. The minimum absolute atomic E-state index is 0.289. The van der Waals surface area contributed by atoms with Crippen molar-refractivity contribution in [2.75, 3.05) is 7.11 Å². The van der Waals surface area contributed by atoms with E-state index in [1.165, 1.54) is 12.8 Å². The molecule has 0 radical (unpaired) electrons. The third-order valence-electron chi connectivity index (χ3n) is 3.57. The summed E-state index contributed by atoms with van der Waals surface area (Å²) in [6.07, 6.45) is 5.68. The van der Waals surface area contributed by atoms with E-state index in [9.17, 15) is 0 Å². The molecule has 1 saturated carbocycles. The van der Waals surface area contributed by atoms with Crippen LogP contribution in [0.15, 0.2) is 12.1 Å². The molecular weight excluding hydrogens is 274 g/mol. The van der Waals surface area contributed by atoms with Crippen molar-refractivity contribution in [1.82, 2.24) is 0 Å². The summed E-state index contributed by atoms with van der Waals surface area (Å²) in [5, 5.41) is 0.692. The molecule has 1 fully saturated rings. The Bertz CT molecular complexity index is 462. The first-order valence-electron chi connectivity index (χ1n) is 7.21. The predicted molar refractivity (Wildman–Crippen MR) is 82.9 cm³/mol. The van der Waals surface area contributed by atoms with Crippen molar-refractivity contribution in [3.63, 3.8) is 0 Å². The maximum Gasteiger partial charge on any atom is 0.163 e. The lowest BCUT2D eigenvalue weighted by atomic mass is 9.96. The van der Waals surface area contributed by atoms with Gasteiger partial charge >= 0.3 is 0 Å². The van der Waals surface area contributed by atoms with E-state index >= 15 is 0 Å². The van der Waals surface area contributed by atoms with Crippen LogP contribution < -0.4 is 15.2 Å². The van der Waals surface area contributed by atoms with Gasteiger partial charge in [0.05, 0.1) is 13.2 Å². The Labute approximate surface area is 126 Å². The highest BCUT2D eigenvalue weighted by molar-refractivity contribution is 6.31. The summed E-state index contributed by atoms with van der Waals surface area (Å²) in [7, 11) is 1.65. The molecular formula is C16H24ClNO2. The maximum atomic E-state index is 6.36. The van der Waals surface area contributed by atoms with Gasteiger partial charge in [-0.3, -0.25) is 0 Å². The molecule has 0 aromatic heterocycles. The Balaban J connectivity index is 2.22. The summed E-state index contributed by atoms with van der Waals surface area (Å²) < 4.78 is 11.5. The van der Waals surface area contributed by atoms with Gasteiger partial charge in [-0.05, 0) is 57.6 Å². The van der Waals surface area contributed by atoms with Crippen LogP contribution in [0.25, 0.3) is 0 Å². The Morgan fingerprint density at radius 1 is 1.25 bits per heavy atom. The molecule has 1 aliphatic carbocycles. The topological polar surface area (TPSA) is 44.5 Å². The molecule has 20 heavy (non-hydrogen) atoms. The Hall–Kier alpha value is -0.930. The van der Waals surface area contributed by atoms with Crippen LogP contribution in [0, 0.1) is 0 Å². The van der Waals surface area contributed by atoms with Crippen molar-refractivity contribution < 1.29 is 9.47 Å². The number of halogens is 1. The van der Waals surface area contributed by atoms with Crippen LogP contribution in [0.4, 0.5) is 0 Å². The summed E-state index contributed by atoms with van der Waals surface area (Å²) in [4.78, 5) is 0. The second-order valence-corrected chi connectivity index (χ2v) is 6.69. The van der Waals surface area contributed by atoms with Crippen LogP contribution in [-0.2, 0) is 6.42 Å². The molecule has 0 amide bonds. The SMILES string of the molecule is COc1cc(CC(C)(C)N)c(Cl)cc1OC1CCCC1. The summed E-state index contributed by atoms with van der Waals surface area (Å²) >= 11 is 6.36. The van der Waals surface area contributed by atoms with Gasteiger partial charge in [-0.2, -0.15) is 0 Å². The number of hydrogen-bond donors (Lipinski definition) is 1. The predicted octanol–water partition coefficient (Wildman–Crippen LogP) is 3.95. The average Bonchev–Trinajstić information content (AvgIpc) is 2.84. The van der Waals surface area contributed by atoms with Crippen LogP contribution in [-0.4, -0.2) is 18.8 Å². The van der Waals surface area contributed by atoms with Gasteiger partial charge in [0.2, 0.25) is 0 Å². The zero-order chi connectivity index (χ0) is 14.8. The van der Waals surface area contributed by atoms with Crippen LogP contribution in [0.3, 0.4) is 0 Å². The van der Waals surface area contributed by atoms with Crippen molar-refractivity contribution in [2.24, 2.45) is 5.73 Å². The van der Waals surface area contributed by atoms with E-state index in [1.807, 2.05) is 26.0 Å². The molecule has 0 aliphatic heterocycles. The van der Waals surface area contributed by atoms with Crippen LogP contribution in [0.1, 0.15) is 45.1 Å². The molecule has 1 aliphatic rings. The van der Waals surface area contributed by atoms with Gasteiger partial charge < -0.3 is 15.2 Å². The summed E-state index contributed by atoms with van der Waals surface area (Å²) in [6.45, 7) is 3.97. The molecule has 112 valence electrons. The van der Waals surface area contributed by atoms with Crippen molar-refractivity contribution >= 4 is 11.6 Å². The fourth-order valence-corrected chi connectivity index (χ4v) is 2.86. The van der Waals surface area contributed by atoms with Crippen molar-refractivity contribution in [2.45, 2.75) is 57.6 Å². The number of benzene rings is 1. The maximum absolute atomic E-state index is 6.36. The van der Waals surface area contributed by atoms with E-state index in [2.05, 4.69) is 0 Å². The molecule has 2 rings (SSSR count). The van der Waals surface area contributed by atoms with Gasteiger partial charge in [0, 0.05) is 16.6 Å². The van der Waals surface area contributed by atoms with E-state index < -0.39 is 0 Å². The lowest BCUT2D eigenvalue weighted by Gasteiger charge is -2.21. The second-order valence-electron chi connectivity index (χ2n) is 6.28. The standard InChI is InChI=1S/C16H24ClNO2/c1-16(2,18)10-11-8-14(19-3)15(9-13(11)17)20-12-6-4-5-7-12/h8-9,12H,4-7,10,18H2,1-3H3. The van der Waals surface area contributed by atoms with Gasteiger partial charge in [0.25, 0.3) is 0 Å². The van der Waals surface area contributed by atoms with Gasteiger partial charge in [0.1, 0.15) is 0 Å². The average molecular weight is 298 g/mol. The Morgan fingerprint density at radius 2 is 1.90 bits per heavy atom. The highest BCUT2D eigenvalue weighted by Gasteiger charge is 2.21. The number of hydrogen-bond acceptors (Lipinski definition) is 3. The fraction of sp³-hybridized carbons (Fsp3) is 0.625. The van der Waals surface area contributed by atoms with E-state index in [1.54, 1.807) is 7.11 Å². The van der Waals surface area contributed by atoms with Crippen molar-refractivity contribution in [3.8, 4) is 11.5 Å². The normalized spacial score (nSPS) is 16.4. The van der Waals surface area contributed by atoms with E-state index in [-0.39, 0.29) is 11.6 Å². The number of rotatable bonds is 5. The fourth-order valence-electron chi connectivity index (χ4n) is 2.64. The lowest BCUT2D eigenvalue weighted by molar-refractivity contribution is 0.200. The third-order valence-corrected chi connectivity index (χ3v) is 3.93. The molecule has 1 aromatic rings. The highest BCUT2D eigenvalue weighted by atomic mass is 35.5. The minimum Gasteiger partial charge on any atom is -0.493 e. The molecule has 0 saturated heterocycles. The molecule has 1 aromatic carbocycles. The first-order chi connectivity index (χ1) is 9.39. The smallest absolute Gasteiger partial charge is 0.163 e. The van der Waals surface area contributed by atoms with Gasteiger partial charge in [0.15, 0.2) is 11.5 Å². The monoisotopic (exact) mass is 297 g/mol. The molecule has 2 N–H and O–H groups in total. The van der Waals surface area contributed by atoms with E-state index in [0.717, 1.165) is 29.9 Å². The first kappa shape index (κ1) is 15.5. The largest absolute Gasteiger partial charge is 0.493 e. The molecule has 0 unspecified atom stereocenters. The number of nitrogens with two attached hydrogens (primary N) is 1. The van der Waals surface area contributed by atoms with Gasteiger partial charge in [-0.1, -0.05) is 11.6 Å². The van der Waals surface area contributed by atoms with Gasteiger partial charge in [-0.15, -0.1) is 0 Å². The van der Waals surface area contributed by atoms with E-state index in [0.29, 0.717) is 11.4 Å². The quantitative estimate of drug-likeness (QED) is 0.895. The molecule has 3 nitrogen and oxygen atoms in total. The van der Waals surface area contributed by atoms with E-state index in [4.69, 9.17) is 26.8 Å². The van der Waals surface area contributed by atoms with Crippen molar-refractivity contribution in [1.29, 1.82) is 0 Å². The van der Waals surface area contributed by atoms with Crippen LogP contribution >= 0.6 is 11.6 Å². The van der Waals surface area contributed by atoms with Crippen molar-refractivity contribution in [3.05, 3.63) is 22.7 Å². The Kier molecular flexibility index (Phi) is 4.82. The van der Waals surface area contributed by atoms with Gasteiger partial charge in [-0.25, -0.2) is 0 Å². The highest BCUT2D eigenvalue weighted by Crippen LogP contribution is 2.36. The minimum atomic E-state index is -0.303. The number of methoxy groups -OCH3 is 1. The molecule has 4 heteroatoms. The molecule has 0 atom stereocenters. The molecule has 0 bridgehead atoms. The second kappa shape index (κ2) is 6.23. The zero-order valence-corrected chi connectivity index (χ0v) is 13.3. The molecule has 0 spiro atoms. The lowest BCUT2D eigenvalue weighted by Crippen LogP contribution is -2.34.